The van der Waals surface area contributed by atoms with Gasteiger partial charge in [0, 0.05) is 94.8 Å². The molecule has 1 heterocycles. The molecule has 106 heavy (non-hydrogen) atoms. The number of aryl methyl sites for hydroxylation is 1. The predicted molar refractivity (Wildman–Crippen MR) is 401 cm³/mol. The van der Waals surface area contributed by atoms with Crippen molar-refractivity contribution in [2.24, 2.45) is 0 Å². The van der Waals surface area contributed by atoms with Crippen LogP contribution in [0.4, 0.5) is 0 Å². The first-order valence-corrected chi connectivity index (χ1v) is 37.5. The van der Waals surface area contributed by atoms with Gasteiger partial charge in [0.25, 0.3) is 0 Å². The van der Waals surface area contributed by atoms with Gasteiger partial charge in [0.05, 0.1) is 59.0 Å². The van der Waals surface area contributed by atoms with E-state index in [1.165, 1.54) is 0 Å². The second kappa shape index (κ2) is 48.3. The third kappa shape index (κ3) is 48.9. The minimum atomic E-state index is -1.31. The average Bonchev–Trinajstić information content (AvgIpc) is 0.845. The summed E-state index contributed by atoms with van der Waals surface area (Å²) in [4.78, 5) is 177. The number of aliphatic carboxylic acids is 1. The van der Waals surface area contributed by atoms with Crippen molar-refractivity contribution in [1.29, 1.82) is 0 Å². The van der Waals surface area contributed by atoms with Gasteiger partial charge in [0.15, 0.2) is 0 Å². The Morgan fingerprint density at radius 1 is 0.425 bits per heavy atom. The van der Waals surface area contributed by atoms with Crippen LogP contribution in [0.2, 0.25) is 0 Å². The van der Waals surface area contributed by atoms with Crippen LogP contribution in [0.25, 0.3) is 0 Å². The van der Waals surface area contributed by atoms with Crippen molar-refractivity contribution in [2.45, 2.75) is 221 Å². The number of carboxylic acid groups (broad SMARTS) is 1. The van der Waals surface area contributed by atoms with Gasteiger partial charge in [0.2, 0.25) is 41.4 Å². The molecule has 0 saturated carbocycles. The summed E-state index contributed by atoms with van der Waals surface area (Å²) in [5, 5.41) is 26.8. The number of amides is 7. The van der Waals surface area contributed by atoms with Crippen molar-refractivity contribution in [3.63, 3.8) is 0 Å². The van der Waals surface area contributed by atoms with E-state index in [1.54, 1.807) is 104 Å². The molecule has 8 N–H and O–H groups in total. The summed E-state index contributed by atoms with van der Waals surface area (Å²) in [5.41, 5.74) is -2.94. The maximum atomic E-state index is 14.4. The number of carbonyl (C=O) groups excluding carboxylic acids is 12. The summed E-state index contributed by atoms with van der Waals surface area (Å²) in [7, 11) is 0. The lowest BCUT2D eigenvalue weighted by Crippen LogP contribution is -2.53. The van der Waals surface area contributed by atoms with Crippen LogP contribution in [0.3, 0.4) is 0 Å². The molecule has 1 saturated heterocycles. The van der Waals surface area contributed by atoms with Crippen LogP contribution in [0.1, 0.15) is 174 Å². The number of hydrogen-bond donors (Lipinski definition) is 8. The monoisotopic (exact) mass is 1620 g/mol. The number of nitrogens with one attached hydrogen (secondary N) is 7. The Hall–Kier alpha value is -7.18. The van der Waals surface area contributed by atoms with Crippen molar-refractivity contribution < 1.29 is 101 Å². The Morgan fingerprint density at radius 2 is 0.877 bits per heavy atom. The van der Waals surface area contributed by atoms with Crippen LogP contribution < -0.4 is 37.2 Å². The molecule has 0 spiro atoms. The molecule has 1 aromatic rings. The van der Waals surface area contributed by atoms with Crippen LogP contribution in [-0.2, 0) is 102 Å². The van der Waals surface area contributed by atoms with Gasteiger partial charge in [-0.1, -0.05) is 12.1 Å². The van der Waals surface area contributed by atoms with E-state index in [2.05, 4.69) is 59.8 Å². The molecule has 602 valence electrons. The summed E-state index contributed by atoms with van der Waals surface area (Å²) in [6.45, 7) is 26.7. The number of carbonyl (C=O) groups is 13. The molecular weight excluding hydrogens is 1490 g/mol. The van der Waals surface area contributed by atoms with E-state index in [9.17, 15) is 62.3 Å². The Labute approximate surface area is 639 Å². The van der Waals surface area contributed by atoms with Crippen molar-refractivity contribution in [3.8, 4) is 0 Å². The number of unbranched alkanes of at least 4 members (excludes halogenated alkanes) is 1. The van der Waals surface area contributed by atoms with E-state index < -0.39 is 131 Å². The molecule has 2 rings (SSSR count). The molecule has 1 aromatic carbocycles. The topological polar surface area (TPSA) is 404 Å². The molecule has 1 aliphatic heterocycles. The smallest absolute Gasteiger partial charge is 0.323 e. The van der Waals surface area contributed by atoms with Crippen LogP contribution >= 0.6 is 22.6 Å². The number of nitrogens with zero attached hydrogens (tertiary/aromatic N) is 4. The molecule has 0 bridgehead atoms. The second-order valence-electron chi connectivity index (χ2n) is 30.8. The molecule has 3 atom stereocenters. The molecule has 0 unspecified atom stereocenters. The van der Waals surface area contributed by atoms with Crippen LogP contribution in [0.15, 0.2) is 24.3 Å². The van der Waals surface area contributed by atoms with Gasteiger partial charge >= 0.3 is 35.8 Å². The molecule has 1 fully saturated rings. The zero-order valence-corrected chi connectivity index (χ0v) is 67.4. The number of benzene rings is 1. The standard InChI is InChI=1S/C73H122IN11O21/c1-69(2,3)102-62(93)29-26-54(67(98)79-46-59(89)78-45-58(88)76-32-30-61(91)92)81-60(90)50-101-44-43-100-42-33-77-66(97)53(80-57(87)21-18-19-51-22-24-52(74)25-23-51)20-16-17-31-75-56(86)28-27-55(68(99)106-73(13,14)15)85-40-38-83(48-64(95)104-71(7,8)9)36-34-82(47-63(94)103-70(4,5)6)35-37-84(39-41-85)49-65(96)105-72(10,11)12/h22-25,53-55H,16-21,26-50H2,1-15H3,(H,75,86)(H,76,88)(H,77,97)(H,78,89)(H,79,98)(H,80,87)(H,81,90)(H,91,92)/t53-,54+,55+/m0/s1. The van der Waals surface area contributed by atoms with E-state index in [1.807, 2.05) is 43.9 Å². The molecular formula is C73H122IN11O21. The Balaban J connectivity index is 2.19. The van der Waals surface area contributed by atoms with Gasteiger partial charge in [-0.25, -0.2) is 0 Å². The van der Waals surface area contributed by atoms with Crippen molar-refractivity contribution in [1.82, 2.24) is 56.8 Å². The Morgan fingerprint density at radius 3 is 1.40 bits per heavy atom. The van der Waals surface area contributed by atoms with Gasteiger partial charge in [0.1, 0.15) is 52.7 Å². The SMILES string of the molecule is CC(C)(C)OC(=O)CC[C@@H](NC(=O)COCCOCCNC(=O)[C@H](CCCCNC(=O)CC[C@H](C(=O)OC(C)(C)C)N1CCN(CC(=O)OC(C)(C)C)CCN(CC(=O)OC(C)(C)C)CCN(CC(=O)OC(C)(C)C)CC1)NC(=O)CCCc1ccc(I)cc1)C(=O)NCC(=O)NCC(=O)NCCC(=O)O. The molecule has 0 aliphatic carbocycles. The van der Waals surface area contributed by atoms with Crippen LogP contribution in [-0.4, -0.2) is 279 Å². The summed E-state index contributed by atoms with van der Waals surface area (Å²) < 4.78 is 40.7. The van der Waals surface area contributed by atoms with Gasteiger partial charge < -0.3 is 75.5 Å². The summed E-state index contributed by atoms with van der Waals surface area (Å²) in [5.74, 6) is -7.79. The van der Waals surface area contributed by atoms with Gasteiger partial charge in [-0.05, 0) is 189 Å². The predicted octanol–water partition coefficient (Wildman–Crippen LogP) is 2.70. The van der Waals surface area contributed by atoms with Gasteiger partial charge in [-0.2, -0.15) is 0 Å². The van der Waals surface area contributed by atoms with E-state index in [-0.39, 0.29) is 142 Å². The number of halogens is 1. The number of rotatable bonds is 42. The van der Waals surface area contributed by atoms with Crippen LogP contribution in [0.5, 0.6) is 0 Å². The molecule has 33 heteroatoms. The summed E-state index contributed by atoms with van der Waals surface area (Å²) in [6.07, 6.45) is 1.52. The van der Waals surface area contributed by atoms with Crippen molar-refractivity contribution in [2.75, 3.05) is 131 Å². The van der Waals surface area contributed by atoms with Crippen LogP contribution in [0, 0.1) is 3.57 Å². The Bertz CT molecular complexity index is 2930. The maximum Gasteiger partial charge on any atom is 0.323 e. The minimum absolute atomic E-state index is 0.0168. The Kier molecular flexibility index (Phi) is 43.2. The third-order valence-electron chi connectivity index (χ3n) is 15.0. The fourth-order valence-electron chi connectivity index (χ4n) is 10.3. The quantitative estimate of drug-likeness (QED) is 0.0202. The van der Waals surface area contributed by atoms with Gasteiger partial charge in [-0.3, -0.25) is 81.9 Å². The highest BCUT2D eigenvalue weighted by atomic mass is 127. The number of hydrogen-bond acceptors (Lipinski definition) is 24. The lowest BCUT2D eigenvalue weighted by Gasteiger charge is -2.37. The zero-order chi connectivity index (χ0) is 79.8. The first kappa shape index (κ1) is 94.9. The minimum Gasteiger partial charge on any atom is -0.481 e. The summed E-state index contributed by atoms with van der Waals surface area (Å²) >= 11 is 2.22. The van der Waals surface area contributed by atoms with E-state index in [0.717, 1.165) is 9.13 Å². The van der Waals surface area contributed by atoms with Crippen molar-refractivity contribution >= 4 is 99.8 Å². The highest BCUT2D eigenvalue weighted by Gasteiger charge is 2.34. The molecule has 7 amide bonds. The lowest BCUT2D eigenvalue weighted by molar-refractivity contribution is -0.163. The lowest BCUT2D eigenvalue weighted by atomic mass is 10.1. The third-order valence-corrected chi connectivity index (χ3v) is 15.7. The zero-order valence-electron chi connectivity index (χ0n) is 65.2. The van der Waals surface area contributed by atoms with E-state index >= 15 is 0 Å². The highest BCUT2D eigenvalue weighted by molar-refractivity contribution is 14.1. The highest BCUT2D eigenvalue weighted by Crippen LogP contribution is 2.19. The van der Waals surface area contributed by atoms with Crippen molar-refractivity contribution in [3.05, 3.63) is 33.4 Å². The molecule has 1 aliphatic rings. The number of ether oxygens (including phenoxy) is 7. The fraction of sp³-hybridized carbons (Fsp3) is 0.740. The summed E-state index contributed by atoms with van der Waals surface area (Å²) in [6, 6.07) is 4.76. The van der Waals surface area contributed by atoms with Gasteiger partial charge in [-0.15, -0.1) is 0 Å². The van der Waals surface area contributed by atoms with E-state index in [4.69, 9.17) is 38.3 Å². The maximum absolute atomic E-state index is 14.4. The molecule has 0 radical (unpaired) electrons. The first-order chi connectivity index (χ1) is 49.3. The fourth-order valence-corrected chi connectivity index (χ4v) is 10.7. The largest absolute Gasteiger partial charge is 0.481 e. The number of esters is 5. The average molecular weight is 1620 g/mol. The first-order valence-electron chi connectivity index (χ1n) is 36.4. The molecule has 32 nitrogen and oxygen atoms in total. The normalized spacial score (nSPS) is 14.9. The second-order valence-corrected chi connectivity index (χ2v) is 32.1. The number of carboxylic acids is 1. The van der Waals surface area contributed by atoms with E-state index in [0.29, 0.717) is 51.9 Å². The molecule has 0 aromatic heterocycles.